The Balaban J connectivity index is 2.83. The molecule has 0 spiro atoms. The molecular formula is C6H5NO. The topological polar surface area (TPSA) is 22.1 Å². The fraction of sp³-hybridized carbons (Fsp3) is 0.167. The van der Waals surface area contributed by atoms with E-state index in [2.05, 4.69) is 17.1 Å². The van der Waals surface area contributed by atoms with Crippen LogP contribution in [0.4, 0.5) is 0 Å². The maximum Gasteiger partial charge on any atom is 0.221 e. The van der Waals surface area contributed by atoms with Crippen molar-refractivity contribution in [2.75, 3.05) is 7.11 Å². The highest BCUT2D eigenvalue weighted by Gasteiger charge is 1.83. The van der Waals surface area contributed by atoms with Crippen LogP contribution in [0.25, 0.3) is 0 Å². The molecule has 0 aliphatic rings. The molecule has 0 N–H and O–H groups in total. The first kappa shape index (κ1) is 5.09. The van der Waals surface area contributed by atoms with E-state index in [1.807, 2.05) is 0 Å². The van der Waals surface area contributed by atoms with E-state index in [1.54, 1.807) is 19.4 Å². The monoisotopic (exact) mass is 107 g/mol. The molecule has 0 saturated heterocycles. The van der Waals surface area contributed by atoms with Crippen molar-refractivity contribution in [1.82, 2.24) is 4.98 Å². The van der Waals surface area contributed by atoms with E-state index in [0.717, 1.165) is 0 Å². The fourth-order valence-corrected chi connectivity index (χ4v) is 0.382. The van der Waals surface area contributed by atoms with Crippen molar-refractivity contribution in [2.24, 2.45) is 0 Å². The summed E-state index contributed by atoms with van der Waals surface area (Å²) < 4.78 is 4.72. The van der Waals surface area contributed by atoms with Crippen LogP contribution in [0.1, 0.15) is 0 Å². The van der Waals surface area contributed by atoms with E-state index in [-0.39, 0.29) is 0 Å². The highest BCUT2D eigenvalue weighted by molar-refractivity contribution is 5.04. The molecule has 1 heterocycles. The summed E-state index contributed by atoms with van der Waals surface area (Å²) in [4.78, 5) is 3.79. The molecule has 0 saturated carbocycles. The van der Waals surface area contributed by atoms with Gasteiger partial charge in [-0.1, -0.05) is 0 Å². The lowest BCUT2D eigenvalue weighted by atomic mass is 10.5. The average Bonchev–Trinajstić information content (AvgIpc) is 1.90. The van der Waals surface area contributed by atoms with Crippen molar-refractivity contribution in [2.45, 2.75) is 0 Å². The summed E-state index contributed by atoms with van der Waals surface area (Å²) in [5.41, 5.74) is 0. The van der Waals surface area contributed by atoms with Crippen LogP contribution in [0.2, 0.25) is 0 Å². The number of ether oxygens (including phenoxy) is 1. The summed E-state index contributed by atoms with van der Waals surface area (Å²) in [6, 6.07) is 7.03. The smallest absolute Gasteiger partial charge is 0.221 e. The van der Waals surface area contributed by atoms with Crippen molar-refractivity contribution in [3.05, 3.63) is 24.4 Å². The Labute approximate surface area is 48.1 Å². The molecule has 0 fully saturated rings. The Kier molecular flexibility index (Phi) is 1.47. The van der Waals surface area contributed by atoms with Crippen LogP contribution in [0.3, 0.4) is 0 Å². The molecule has 0 unspecified atom stereocenters. The molecule has 1 aromatic heterocycles. The molecule has 1 aromatic rings. The number of pyridine rings is 1. The van der Waals surface area contributed by atoms with Gasteiger partial charge in [0.05, 0.1) is 13.2 Å². The van der Waals surface area contributed by atoms with Crippen LogP contribution in [-0.2, 0) is 0 Å². The maximum absolute atomic E-state index is 4.72. The quantitative estimate of drug-likeness (QED) is 0.526. The SMILES string of the molecule is COc1[c][c]ccn1. The summed E-state index contributed by atoms with van der Waals surface area (Å²) in [7, 11) is 1.55. The zero-order valence-electron chi connectivity index (χ0n) is 4.51. The summed E-state index contributed by atoms with van der Waals surface area (Å²) in [5.74, 6) is 0.479. The average molecular weight is 107 g/mol. The molecule has 0 amide bonds. The maximum atomic E-state index is 4.72. The first-order chi connectivity index (χ1) is 3.93. The van der Waals surface area contributed by atoms with Crippen molar-refractivity contribution < 1.29 is 4.74 Å². The van der Waals surface area contributed by atoms with Crippen molar-refractivity contribution in [3.8, 4) is 5.88 Å². The Morgan fingerprint density at radius 3 is 3.00 bits per heavy atom. The highest BCUT2D eigenvalue weighted by atomic mass is 16.5. The van der Waals surface area contributed by atoms with Crippen LogP contribution in [0, 0.1) is 12.1 Å². The van der Waals surface area contributed by atoms with E-state index in [9.17, 15) is 0 Å². The van der Waals surface area contributed by atoms with Gasteiger partial charge in [-0.25, -0.2) is 4.98 Å². The molecule has 2 nitrogen and oxygen atoms in total. The highest BCUT2D eigenvalue weighted by Crippen LogP contribution is 1.97. The molecule has 1 rings (SSSR count). The second kappa shape index (κ2) is 2.31. The van der Waals surface area contributed by atoms with Gasteiger partial charge < -0.3 is 4.74 Å². The van der Waals surface area contributed by atoms with E-state index in [1.165, 1.54) is 0 Å². The van der Waals surface area contributed by atoms with Gasteiger partial charge in [0.2, 0.25) is 5.88 Å². The third-order valence-electron chi connectivity index (χ3n) is 0.722. The largest absolute Gasteiger partial charge is 0.481 e. The molecule has 0 aliphatic carbocycles. The van der Waals surface area contributed by atoms with Gasteiger partial charge in [-0.3, -0.25) is 0 Å². The number of nitrogens with zero attached hydrogens (tertiary/aromatic N) is 1. The number of rotatable bonds is 1. The normalized spacial score (nSPS) is 8.62. The summed E-state index contributed by atoms with van der Waals surface area (Å²) in [6.45, 7) is 0. The van der Waals surface area contributed by atoms with Gasteiger partial charge in [0.15, 0.2) is 0 Å². The van der Waals surface area contributed by atoms with Gasteiger partial charge in [0.1, 0.15) is 0 Å². The molecule has 0 aliphatic heterocycles. The first-order valence-electron chi connectivity index (χ1n) is 2.22. The summed E-state index contributed by atoms with van der Waals surface area (Å²) in [6.07, 6.45) is 1.61. The zero-order chi connectivity index (χ0) is 5.82. The molecule has 0 aromatic carbocycles. The second-order valence-electron chi connectivity index (χ2n) is 1.22. The number of aromatic nitrogens is 1. The van der Waals surface area contributed by atoms with Gasteiger partial charge in [0.25, 0.3) is 0 Å². The van der Waals surface area contributed by atoms with Gasteiger partial charge in [-0.15, -0.1) is 0 Å². The van der Waals surface area contributed by atoms with Crippen LogP contribution in [-0.4, -0.2) is 12.1 Å². The van der Waals surface area contributed by atoms with Crippen molar-refractivity contribution in [1.29, 1.82) is 0 Å². The lowest BCUT2D eigenvalue weighted by Gasteiger charge is -1.91. The third kappa shape index (κ3) is 0.964. The Bertz CT molecular complexity index is 150. The second-order valence-corrected chi connectivity index (χ2v) is 1.22. The van der Waals surface area contributed by atoms with E-state index in [0.29, 0.717) is 5.88 Å². The summed E-state index contributed by atoms with van der Waals surface area (Å²) >= 11 is 0. The summed E-state index contributed by atoms with van der Waals surface area (Å²) in [5, 5.41) is 0. The van der Waals surface area contributed by atoms with Crippen LogP contribution in [0.15, 0.2) is 12.3 Å². The predicted molar refractivity (Wildman–Crippen MR) is 28.5 cm³/mol. The molecule has 0 atom stereocenters. The Hall–Kier alpha value is -1.05. The Morgan fingerprint density at radius 2 is 2.62 bits per heavy atom. The van der Waals surface area contributed by atoms with Gasteiger partial charge in [-0.05, 0) is 12.1 Å². The standard InChI is InChI=1S/C6H5NO/c1-8-6-4-2-3-5-7-6/h3,5H,1H3. The number of hydrogen-bond acceptors (Lipinski definition) is 2. The van der Waals surface area contributed by atoms with Gasteiger partial charge in [-0.2, -0.15) is 0 Å². The lowest BCUT2D eigenvalue weighted by molar-refractivity contribution is 0.397. The van der Waals surface area contributed by atoms with Gasteiger partial charge in [0, 0.05) is 6.20 Å². The molecule has 0 bridgehead atoms. The van der Waals surface area contributed by atoms with Gasteiger partial charge >= 0.3 is 0 Å². The molecule has 2 heteroatoms. The number of methoxy groups -OCH3 is 1. The predicted octanol–water partition coefficient (Wildman–Crippen LogP) is 0.691. The third-order valence-corrected chi connectivity index (χ3v) is 0.722. The van der Waals surface area contributed by atoms with E-state index >= 15 is 0 Å². The van der Waals surface area contributed by atoms with Crippen molar-refractivity contribution in [3.63, 3.8) is 0 Å². The zero-order valence-corrected chi connectivity index (χ0v) is 4.51. The molecular weight excluding hydrogens is 102 g/mol. The minimum atomic E-state index is 0.479. The minimum absolute atomic E-state index is 0.479. The fourth-order valence-electron chi connectivity index (χ4n) is 0.382. The lowest BCUT2D eigenvalue weighted by Crippen LogP contribution is -1.84. The van der Waals surface area contributed by atoms with Crippen molar-refractivity contribution >= 4 is 0 Å². The van der Waals surface area contributed by atoms with Crippen LogP contribution >= 0.6 is 0 Å². The minimum Gasteiger partial charge on any atom is -0.481 e. The Morgan fingerprint density at radius 1 is 1.75 bits per heavy atom. The first-order valence-corrected chi connectivity index (χ1v) is 2.22. The van der Waals surface area contributed by atoms with E-state index in [4.69, 9.17) is 4.74 Å². The molecule has 2 radical (unpaired) electrons. The molecule has 8 heavy (non-hydrogen) atoms. The van der Waals surface area contributed by atoms with E-state index < -0.39 is 0 Å². The van der Waals surface area contributed by atoms with Crippen LogP contribution < -0.4 is 4.74 Å². The number of hydrogen-bond donors (Lipinski definition) is 0. The molecule has 40 valence electrons. The van der Waals surface area contributed by atoms with Crippen LogP contribution in [0.5, 0.6) is 5.88 Å².